The van der Waals surface area contributed by atoms with Gasteiger partial charge < -0.3 is 10.5 Å². The van der Waals surface area contributed by atoms with Gasteiger partial charge in [0.25, 0.3) is 0 Å². The number of ether oxygens (including phenoxy) is 1. The van der Waals surface area contributed by atoms with Gasteiger partial charge in [0, 0.05) is 11.8 Å². The van der Waals surface area contributed by atoms with Crippen molar-refractivity contribution in [3.63, 3.8) is 0 Å². The van der Waals surface area contributed by atoms with Crippen molar-refractivity contribution in [3.05, 3.63) is 23.2 Å². The number of halogens is 1. The van der Waals surface area contributed by atoms with E-state index in [4.69, 9.17) is 27.3 Å². The molecule has 3 nitrogen and oxygen atoms in total. The lowest BCUT2D eigenvalue weighted by Crippen LogP contribution is -2.08. The first-order valence-electron chi connectivity index (χ1n) is 6.04. The van der Waals surface area contributed by atoms with E-state index in [0.717, 1.165) is 19.3 Å². The monoisotopic (exact) mass is 266 g/mol. The van der Waals surface area contributed by atoms with Crippen LogP contribution in [0.5, 0.6) is 5.75 Å². The minimum atomic E-state index is -0.255. The molecule has 1 aromatic carbocycles. The summed E-state index contributed by atoms with van der Waals surface area (Å²) in [6.45, 7) is 4.48. The topological polar surface area (TPSA) is 59.0 Å². The second kappa shape index (κ2) is 6.51. The van der Waals surface area contributed by atoms with Gasteiger partial charge in [0.1, 0.15) is 5.75 Å². The molecule has 4 heteroatoms. The Balaban J connectivity index is 2.30. The van der Waals surface area contributed by atoms with Crippen LogP contribution in [0.4, 0.5) is 5.69 Å². The summed E-state index contributed by atoms with van der Waals surface area (Å²) in [5.41, 5.74) is 6.04. The minimum Gasteiger partial charge on any atom is -0.492 e. The molecule has 0 saturated heterocycles. The number of hydrogen-bond acceptors (Lipinski definition) is 3. The lowest BCUT2D eigenvalue weighted by Gasteiger charge is -2.14. The number of anilines is 1. The molecule has 98 valence electrons. The van der Waals surface area contributed by atoms with Crippen LogP contribution in [0.15, 0.2) is 18.2 Å². The van der Waals surface area contributed by atoms with Crippen molar-refractivity contribution in [2.45, 2.75) is 33.1 Å². The highest BCUT2D eigenvalue weighted by molar-refractivity contribution is 6.32. The number of benzene rings is 1. The number of nitriles is 1. The van der Waals surface area contributed by atoms with Gasteiger partial charge in [-0.05, 0) is 45.2 Å². The Morgan fingerprint density at radius 3 is 2.78 bits per heavy atom. The van der Waals surface area contributed by atoms with Crippen LogP contribution in [0.1, 0.15) is 33.1 Å². The van der Waals surface area contributed by atoms with E-state index in [0.29, 0.717) is 23.1 Å². The minimum absolute atomic E-state index is 0.255. The van der Waals surface area contributed by atoms with E-state index < -0.39 is 0 Å². The largest absolute Gasteiger partial charge is 0.492 e. The van der Waals surface area contributed by atoms with Crippen molar-refractivity contribution in [1.29, 1.82) is 5.26 Å². The fourth-order valence-corrected chi connectivity index (χ4v) is 1.71. The maximum Gasteiger partial charge on any atom is 0.139 e. The Kier molecular flexibility index (Phi) is 5.30. The highest BCUT2D eigenvalue weighted by Crippen LogP contribution is 2.27. The predicted octanol–water partition coefficient (Wildman–Crippen LogP) is 4.02. The van der Waals surface area contributed by atoms with Crippen molar-refractivity contribution in [2.24, 2.45) is 5.41 Å². The van der Waals surface area contributed by atoms with Crippen LogP contribution in [0.2, 0.25) is 5.02 Å². The van der Waals surface area contributed by atoms with Crippen LogP contribution in [-0.4, -0.2) is 6.61 Å². The van der Waals surface area contributed by atoms with E-state index in [1.54, 1.807) is 18.2 Å². The number of unbranched alkanes of at least 4 members (excludes halogenated alkanes) is 1. The van der Waals surface area contributed by atoms with Gasteiger partial charge in [-0.15, -0.1) is 0 Å². The molecule has 1 aromatic rings. The smallest absolute Gasteiger partial charge is 0.139 e. The van der Waals surface area contributed by atoms with E-state index in [-0.39, 0.29) is 5.41 Å². The maximum atomic E-state index is 8.88. The lowest BCUT2D eigenvalue weighted by atomic mass is 9.89. The summed E-state index contributed by atoms with van der Waals surface area (Å²) in [5, 5.41) is 9.45. The SMILES string of the molecule is CC(C)(C#N)CCCCOc1cc(N)ccc1Cl. The highest BCUT2D eigenvalue weighted by Gasteiger charge is 2.15. The second-order valence-corrected chi connectivity index (χ2v) is 5.40. The van der Waals surface area contributed by atoms with E-state index in [1.807, 2.05) is 13.8 Å². The summed E-state index contributed by atoms with van der Waals surface area (Å²) in [6.07, 6.45) is 2.73. The Morgan fingerprint density at radius 1 is 1.39 bits per heavy atom. The number of nitrogens with two attached hydrogens (primary N) is 1. The average Bonchev–Trinajstić information content (AvgIpc) is 2.33. The Hall–Kier alpha value is -1.40. The molecule has 0 aliphatic rings. The number of nitrogens with zero attached hydrogens (tertiary/aromatic N) is 1. The Labute approximate surface area is 114 Å². The van der Waals surface area contributed by atoms with Crippen LogP contribution < -0.4 is 10.5 Å². The van der Waals surface area contributed by atoms with Gasteiger partial charge in [-0.3, -0.25) is 0 Å². The van der Waals surface area contributed by atoms with Gasteiger partial charge in [-0.2, -0.15) is 5.26 Å². The van der Waals surface area contributed by atoms with Crippen molar-refractivity contribution >= 4 is 17.3 Å². The summed E-state index contributed by atoms with van der Waals surface area (Å²) in [5.74, 6) is 0.621. The van der Waals surface area contributed by atoms with Gasteiger partial charge in [-0.1, -0.05) is 11.6 Å². The van der Waals surface area contributed by atoms with Gasteiger partial charge in [0.05, 0.1) is 23.1 Å². The van der Waals surface area contributed by atoms with Crippen molar-refractivity contribution in [1.82, 2.24) is 0 Å². The van der Waals surface area contributed by atoms with E-state index in [9.17, 15) is 0 Å². The molecule has 0 bridgehead atoms. The first-order valence-corrected chi connectivity index (χ1v) is 6.41. The van der Waals surface area contributed by atoms with Gasteiger partial charge >= 0.3 is 0 Å². The molecule has 0 amide bonds. The first kappa shape index (κ1) is 14.7. The standard InChI is InChI=1S/C14H19ClN2O/c1-14(2,10-16)7-3-4-8-18-13-9-11(17)5-6-12(13)15/h5-6,9H,3-4,7-8,17H2,1-2H3. The summed E-state index contributed by atoms with van der Waals surface area (Å²) >= 11 is 5.98. The van der Waals surface area contributed by atoms with Crippen LogP contribution in [0, 0.1) is 16.7 Å². The summed E-state index contributed by atoms with van der Waals surface area (Å²) in [7, 11) is 0. The quantitative estimate of drug-likeness (QED) is 0.625. The van der Waals surface area contributed by atoms with Crippen LogP contribution in [-0.2, 0) is 0 Å². The molecule has 18 heavy (non-hydrogen) atoms. The fourth-order valence-electron chi connectivity index (χ4n) is 1.54. The third-order valence-electron chi connectivity index (χ3n) is 2.71. The van der Waals surface area contributed by atoms with Gasteiger partial charge in [0.2, 0.25) is 0 Å². The molecule has 2 N–H and O–H groups in total. The van der Waals surface area contributed by atoms with Crippen LogP contribution in [0.25, 0.3) is 0 Å². The molecule has 0 heterocycles. The number of nitrogen functional groups attached to an aromatic ring is 1. The molecule has 0 aromatic heterocycles. The summed E-state index contributed by atoms with van der Waals surface area (Å²) in [6, 6.07) is 7.48. The zero-order valence-electron chi connectivity index (χ0n) is 10.9. The van der Waals surface area contributed by atoms with E-state index >= 15 is 0 Å². The molecule has 0 radical (unpaired) electrons. The summed E-state index contributed by atoms with van der Waals surface area (Å²) < 4.78 is 5.57. The van der Waals surface area contributed by atoms with Gasteiger partial charge in [0.15, 0.2) is 0 Å². The second-order valence-electron chi connectivity index (χ2n) is 4.99. The third kappa shape index (κ3) is 4.85. The predicted molar refractivity (Wildman–Crippen MR) is 74.6 cm³/mol. The molecular formula is C14H19ClN2O. The molecule has 0 spiro atoms. The molecule has 0 unspecified atom stereocenters. The third-order valence-corrected chi connectivity index (χ3v) is 3.02. The molecule has 0 aliphatic heterocycles. The fraction of sp³-hybridized carbons (Fsp3) is 0.500. The first-order chi connectivity index (χ1) is 8.44. The molecule has 0 atom stereocenters. The Morgan fingerprint density at radius 2 is 2.11 bits per heavy atom. The lowest BCUT2D eigenvalue weighted by molar-refractivity contribution is 0.295. The average molecular weight is 267 g/mol. The van der Waals surface area contributed by atoms with Crippen LogP contribution >= 0.6 is 11.6 Å². The van der Waals surface area contributed by atoms with Crippen LogP contribution in [0.3, 0.4) is 0 Å². The molecule has 1 rings (SSSR count). The van der Waals surface area contributed by atoms with Crippen molar-refractivity contribution in [3.8, 4) is 11.8 Å². The zero-order valence-corrected chi connectivity index (χ0v) is 11.6. The molecule has 0 saturated carbocycles. The highest BCUT2D eigenvalue weighted by atomic mass is 35.5. The molecule has 0 aliphatic carbocycles. The number of hydrogen-bond donors (Lipinski definition) is 1. The summed E-state index contributed by atoms with van der Waals surface area (Å²) in [4.78, 5) is 0. The Bertz CT molecular complexity index is 438. The zero-order chi connectivity index (χ0) is 13.6. The van der Waals surface area contributed by atoms with E-state index in [1.165, 1.54) is 0 Å². The van der Waals surface area contributed by atoms with Gasteiger partial charge in [-0.25, -0.2) is 0 Å². The maximum absolute atomic E-state index is 8.88. The van der Waals surface area contributed by atoms with Crippen molar-refractivity contribution in [2.75, 3.05) is 12.3 Å². The molecule has 0 fully saturated rings. The number of rotatable bonds is 6. The normalized spacial score (nSPS) is 11.0. The van der Waals surface area contributed by atoms with Crippen molar-refractivity contribution < 1.29 is 4.74 Å². The van der Waals surface area contributed by atoms with E-state index in [2.05, 4.69) is 6.07 Å². The molecular weight excluding hydrogens is 248 g/mol.